The van der Waals surface area contributed by atoms with Gasteiger partial charge in [-0.2, -0.15) is 0 Å². The lowest BCUT2D eigenvalue weighted by atomic mass is 10.8. The summed E-state index contributed by atoms with van der Waals surface area (Å²) in [6.45, 7) is 14.9. The SMILES string of the molecule is C=CCSC(SCC=C)S(=O)C(SCC=C)SCC=C. The van der Waals surface area contributed by atoms with E-state index in [0.717, 1.165) is 23.0 Å². The average molecular weight is 367 g/mol. The highest BCUT2D eigenvalue weighted by Crippen LogP contribution is 2.37. The van der Waals surface area contributed by atoms with Crippen LogP contribution in [0.4, 0.5) is 0 Å². The summed E-state index contributed by atoms with van der Waals surface area (Å²) >= 11 is 6.73. The maximum Gasteiger partial charge on any atom is 0.128 e. The minimum atomic E-state index is -0.941. The van der Waals surface area contributed by atoms with Gasteiger partial charge in [-0.3, -0.25) is 4.21 Å². The summed E-state index contributed by atoms with van der Waals surface area (Å²) in [5.74, 6) is 3.24. The first-order chi connectivity index (χ1) is 9.71. The number of thioether (sulfide) groups is 4. The molecule has 0 amide bonds. The van der Waals surface area contributed by atoms with E-state index in [1.807, 2.05) is 24.3 Å². The molecule has 0 rings (SSSR count). The van der Waals surface area contributed by atoms with Gasteiger partial charge in [-0.05, 0) is 0 Å². The molecule has 0 spiro atoms. The first kappa shape index (κ1) is 20.5. The number of hydrogen-bond acceptors (Lipinski definition) is 5. The molecule has 0 saturated carbocycles. The Morgan fingerprint density at radius 3 is 1.15 bits per heavy atom. The van der Waals surface area contributed by atoms with Crippen LogP contribution in [-0.2, 0) is 10.8 Å². The molecule has 0 fully saturated rings. The second kappa shape index (κ2) is 14.4. The lowest BCUT2D eigenvalue weighted by Crippen LogP contribution is -2.18. The van der Waals surface area contributed by atoms with Crippen molar-refractivity contribution in [2.24, 2.45) is 0 Å². The van der Waals surface area contributed by atoms with Gasteiger partial charge in [-0.15, -0.1) is 73.4 Å². The van der Waals surface area contributed by atoms with Crippen LogP contribution in [0.15, 0.2) is 50.6 Å². The van der Waals surface area contributed by atoms with Gasteiger partial charge in [0.15, 0.2) is 0 Å². The summed E-state index contributed by atoms with van der Waals surface area (Å²) in [6, 6.07) is 0. The van der Waals surface area contributed by atoms with Crippen LogP contribution >= 0.6 is 47.0 Å². The smallest absolute Gasteiger partial charge is 0.128 e. The summed E-state index contributed by atoms with van der Waals surface area (Å²) < 4.78 is 12.9. The molecule has 1 nitrogen and oxygen atoms in total. The van der Waals surface area contributed by atoms with Gasteiger partial charge in [0.05, 0.1) is 10.8 Å². The minimum absolute atomic E-state index is 0.0469. The van der Waals surface area contributed by atoms with Gasteiger partial charge >= 0.3 is 0 Å². The molecule has 114 valence electrons. The van der Waals surface area contributed by atoms with Crippen molar-refractivity contribution in [2.75, 3.05) is 23.0 Å². The molecule has 0 aliphatic carbocycles. The Bertz CT molecular complexity index is 276. The van der Waals surface area contributed by atoms with Crippen molar-refractivity contribution in [1.29, 1.82) is 0 Å². The summed E-state index contributed by atoms with van der Waals surface area (Å²) in [5.41, 5.74) is 0. The molecule has 0 aromatic rings. The molecule has 0 saturated heterocycles. The number of hydrogen-bond donors (Lipinski definition) is 0. The minimum Gasteiger partial charge on any atom is -0.256 e. The molecule has 0 N–H and O–H groups in total. The first-order valence-electron chi connectivity index (χ1n) is 6.00. The van der Waals surface area contributed by atoms with E-state index in [0.29, 0.717) is 0 Å². The fourth-order valence-electron chi connectivity index (χ4n) is 1.04. The van der Waals surface area contributed by atoms with Crippen LogP contribution in [0, 0.1) is 0 Å². The van der Waals surface area contributed by atoms with Crippen LogP contribution in [0.2, 0.25) is 0 Å². The fourth-order valence-corrected chi connectivity index (χ4v) is 9.37. The third-order valence-corrected chi connectivity index (χ3v) is 10.9. The molecule has 0 radical (unpaired) electrons. The third-order valence-electron chi connectivity index (χ3n) is 1.78. The lowest BCUT2D eigenvalue weighted by Gasteiger charge is -2.21. The van der Waals surface area contributed by atoms with Crippen LogP contribution in [0.5, 0.6) is 0 Å². The highest BCUT2D eigenvalue weighted by molar-refractivity contribution is 8.36. The van der Waals surface area contributed by atoms with Crippen molar-refractivity contribution < 1.29 is 4.21 Å². The lowest BCUT2D eigenvalue weighted by molar-refractivity contribution is 0.687. The van der Waals surface area contributed by atoms with E-state index in [2.05, 4.69) is 26.3 Å². The molecule has 0 bridgehead atoms. The van der Waals surface area contributed by atoms with Gasteiger partial charge in [0, 0.05) is 23.0 Å². The summed E-state index contributed by atoms with van der Waals surface area (Å²) in [6.07, 6.45) is 7.41. The van der Waals surface area contributed by atoms with Crippen LogP contribution < -0.4 is 0 Å². The second-order valence-electron chi connectivity index (χ2n) is 3.39. The molecule has 0 aliphatic rings. The van der Waals surface area contributed by atoms with E-state index >= 15 is 0 Å². The van der Waals surface area contributed by atoms with Crippen LogP contribution in [0.3, 0.4) is 0 Å². The van der Waals surface area contributed by atoms with Gasteiger partial charge < -0.3 is 0 Å². The molecule has 20 heavy (non-hydrogen) atoms. The van der Waals surface area contributed by atoms with Gasteiger partial charge in [0.2, 0.25) is 0 Å². The molecule has 0 aromatic heterocycles. The van der Waals surface area contributed by atoms with E-state index in [1.54, 1.807) is 47.0 Å². The van der Waals surface area contributed by atoms with Gasteiger partial charge in [-0.1, -0.05) is 24.3 Å². The van der Waals surface area contributed by atoms with Crippen LogP contribution in [0.25, 0.3) is 0 Å². The molecule has 0 unspecified atom stereocenters. The Morgan fingerprint density at radius 1 is 0.700 bits per heavy atom. The summed E-state index contributed by atoms with van der Waals surface area (Å²) in [5, 5.41) is 0. The molecular weight excluding hydrogens is 344 g/mol. The van der Waals surface area contributed by atoms with Crippen LogP contribution in [0.1, 0.15) is 0 Å². The second-order valence-corrected chi connectivity index (χ2v) is 11.3. The zero-order valence-electron chi connectivity index (χ0n) is 11.6. The van der Waals surface area contributed by atoms with Crippen molar-refractivity contribution >= 4 is 57.8 Å². The van der Waals surface area contributed by atoms with E-state index in [4.69, 9.17) is 0 Å². The highest BCUT2D eigenvalue weighted by atomic mass is 32.3. The largest absolute Gasteiger partial charge is 0.256 e. The monoisotopic (exact) mass is 366 g/mol. The molecule has 6 heteroatoms. The Morgan fingerprint density at radius 2 is 0.950 bits per heavy atom. The molecular formula is C14H22OS5. The predicted molar refractivity (Wildman–Crippen MR) is 106 cm³/mol. The fraction of sp³-hybridized carbons (Fsp3) is 0.429. The van der Waals surface area contributed by atoms with Gasteiger partial charge in [0.1, 0.15) is 7.83 Å². The molecule has 0 atom stereocenters. The van der Waals surface area contributed by atoms with Crippen molar-refractivity contribution in [1.82, 2.24) is 0 Å². The topological polar surface area (TPSA) is 17.1 Å². The maximum atomic E-state index is 12.8. The predicted octanol–water partition coefficient (Wildman–Crippen LogP) is 4.98. The summed E-state index contributed by atoms with van der Waals surface area (Å²) in [4.78, 5) is 0. The molecule has 0 aromatic carbocycles. The quantitative estimate of drug-likeness (QED) is 0.317. The Hall–Kier alpha value is 0.510. The standard InChI is InChI=1S/C14H22OS5/c1-5-9-16-13(17-10-6-2)20(15)14(18-11-7-3)19-12-8-4/h5-8,13-14H,1-4,9-12H2. The highest BCUT2D eigenvalue weighted by Gasteiger charge is 2.25. The van der Waals surface area contributed by atoms with E-state index in [9.17, 15) is 4.21 Å². The van der Waals surface area contributed by atoms with Gasteiger partial charge in [-0.25, -0.2) is 0 Å². The first-order valence-corrected chi connectivity index (χ1v) is 11.5. The zero-order chi connectivity index (χ0) is 15.2. The Balaban J connectivity index is 4.69. The van der Waals surface area contributed by atoms with E-state index < -0.39 is 10.8 Å². The van der Waals surface area contributed by atoms with Crippen molar-refractivity contribution in [2.45, 2.75) is 7.83 Å². The van der Waals surface area contributed by atoms with E-state index in [-0.39, 0.29) is 7.83 Å². The molecule has 0 heterocycles. The molecule has 0 aliphatic heterocycles. The van der Waals surface area contributed by atoms with Crippen LogP contribution in [-0.4, -0.2) is 35.0 Å². The third kappa shape index (κ3) is 9.45. The van der Waals surface area contributed by atoms with E-state index in [1.165, 1.54) is 0 Å². The van der Waals surface area contributed by atoms with Crippen molar-refractivity contribution in [3.63, 3.8) is 0 Å². The van der Waals surface area contributed by atoms with Crippen molar-refractivity contribution in [3.8, 4) is 0 Å². The van der Waals surface area contributed by atoms with Gasteiger partial charge in [0.25, 0.3) is 0 Å². The number of rotatable bonds is 14. The Kier molecular flexibility index (Phi) is 14.8. The normalized spacial score (nSPS) is 10.9. The maximum absolute atomic E-state index is 12.8. The Labute approximate surface area is 143 Å². The zero-order valence-corrected chi connectivity index (χ0v) is 15.7. The van der Waals surface area contributed by atoms with Crippen molar-refractivity contribution in [3.05, 3.63) is 50.6 Å². The summed E-state index contributed by atoms with van der Waals surface area (Å²) in [7, 11) is -0.941. The average Bonchev–Trinajstić information content (AvgIpc) is 2.47.